The maximum Gasteiger partial charge on any atom is 0.233 e. The molecule has 0 saturated carbocycles. The minimum Gasteiger partial charge on any atom is -0.340 e. The van der Waals surface area contributed by atoms with Gasteiger partial charge in [-0.15, -0.1) is 16.4 Å². The number of carbonyl (C=O) groups excluding carboxylic acids is 1. The summed E-state index contributed by atoms with van der Waals surface area (Å²) < 4.78 is 2.32. The summed E-state index contributed by atoms with van der Waals surface area (Å²) >= 11 is 8.65. The van der Waals surface area contributed by atoms with Crippen LogP contribution in [0.2, 0.25) is 4.34 Å². The molecule has 0 aromatic carbocycles. The van der Waals surface area contributed by atoms with Crippen LogP contribution >= 0.6 is 34.7 Å². The number of thioether (sulfide) groups is 1. The van der Waals surface area contributed by atoms with Crippen LogP contribution in [0.3, 0.4) is 0 Å². The molecule has 0 fully saturated rings. The van der Waals surface area contributed by atoms with Crippen LogP contribution in [0, 0.1) is 0 Å². The van der Waals surface area contributed by atoms with Gasteiger partial charge in [-0.25, -0.2) is 4.68 Å². The van der Waals surface area contributed by atoms with Crippen molar-refractivity contribution in [2.75, 3.05) is 19.3 Å². The third-order valence-electron chi connectivity index (χ3n) is 2.61. The van der Waals surface area contributed by atoms with Gasteiger partial charge in [0, 0.05) is 18.5 Å². The van der Waals surface area contributed by atoms with Crippen LogP contribution in [0.25, 0.3) is 0 Å². The molecule has 0 aliphatic rings. The van der Waals surface area contributed by atoms with E-state index < -0.39 is 0 Å². The fraction of sp³-hybridized carbons (Fsp3) is 0.455. The Balaban J connectivity index is 1.84. The minimum atomic E-state index is 0.00632. The van der Waals surface area contributed by atoms with Gasteiger partial charge in [0.1, 0.15) is 0 Å². The first kappa shape index (κ1) is 16.2. The Morgan fingerprint density at radius 1 is 1.57 bits per heavy atom. The largest absolute Gasteiger partial charge is 0.340 e. The Labute approximate surface area is 135 Å². The Kier molecular flexibility index (Phi) is 5.97. The molecule has 0 aliphatic carbocycles. The van der Waals surface area contributed by atoms with E-state index in [1.807, 2.05) is 12.1 Å². The number of tetrazole rings is 1. The molecule has 0 unspecified atom stereocenters. The number of carbonyl (C=O) groups is 1. The molecule has 10 heteroatoms. The molecule has 0 aliphatic heterocycles. The monoisotopic (exact) mass is 346 g/mol. The molecule has 2 rings (SSSR count). The molecule has 2 heterocycles. The van der Waals surface area contributed by atoms with E-state index in [0.717, 1.165) is 9.21 Å². The van der Waals surface area contributed by atoms with E-state index in [-0.39, 0.29) is 11.7 Å². The van der Waals surface area contributed by atoms with E-state index in [4.69, 9.17) is 17.3 Å². The van der Waals surface area contributed by atoms with Crippen molar-refractivity contribution in [1.82, 2.24) is 25.1 Å². The normalized spacial score (nSPS) is 10.8. The van der Waals surface area contributed by atoms with Crippen LogP contribution < -0.4 is 5.73 Å². The van der Waals surface area contributed by atoms with Gasteiger partial charge < -0.3 is 10.6 Å². The minimum absolute atomic E-state index is 0.00632. The lowest BCUT2D eigenvalue weighted by atomic mass is 10.4. The molecule has 0 radical (unpaired) electrons. The van der Waals surface area contributed by atoms with Gasteiger partial charge in [-0.3, -0.25) is 4.79 Å². The van der Waals surface area contributed by atoms with Gasteiger partial charge in [0.25, 0.3) is 0 Å². The van der Waals surface area contributed by atoms with E-state index >= 15 is 0 Å². The number of hydrogen-bond acceptors (Lipinski definition) is 7. The van der Waals surface area contributed by atoms with Gasteiger partial charge >= 0.3 is 0 Å². The van der Waals surface area contributed by atoms with Crippen molar-refractivity contribution >= 4 is 40.6 Å². The zero-order valence-corrected chi connectivity index (χ0v) is 13.8. The van der Waals surface area contributed by atoms with Crippen molar-refractivity contribution in [3.05, 3.63) is 21.3 Å². The van der Waals surface area contributed by atoms with Crippen molar-refractivity contribution in [3.8, 4) is 0 Å². The number of amides is 1. The molecule has 0 spiro atoms. The lowest BCUT2D eigenvalue weighted by Crippen LogP contribution is -2.27. The Bertz CT molecular complexity index is 601. The molecule has 114 valence electrons. The van der Waals surface area contributed by atoms with Crippen LogP contribution in [-0.4, -0.2) is 50.4 Å². The fourth-order valence-corrected chi connectivity index (χ4v) is 3.54. The number of nitrogens with zero attached hydrogens (tertiary/aromatic N) is 5. The summed E-state index contributed by atoms with van der Waals surface area (Å²) in [6.45, 7) is 1.53. The van der Waals surface area contributed by atoms with E-state index in [0.29, 0.717) is 24.8 Å². The molecule has 21 heavy (non-hydrogen) atoms. The molecule has 2 aromatic heterocycles. The summed E-state index contributed by atoms with van der Waals surface area (Å²) in [5.41, 5.74) is 5.47. The van der Waals surface area contributed by atoms with Crippen LogP contribution in [0.4, 0.5) is 0 Å². The van der Waals surface area contributed by atoms with Crippen molar-refractivity contribution in [2.24, 2.45) is 5.73 Å². The number of halogens is 1. The molecule has 0 atom stereocenters. The molecule has 2 aromatic rings. The van der Waals surface area contributed by atoms with Crippen LogP contribution in [-0.2, 0) is 17.9 Å². The SMILES string of the molecule is CN(Cc1ccc(Cl)s1)C(=O)CSc1nnnn1CCN. The summed E-state index contributed by atoms with van der Waals surface area (Å²) in [6, 6.07) is 3.75. The number of hydrogen-bond donors (Lipinski definition) is 1. The third-order valence-corrected chi connectivity index (χ3v) is 4.77. The molecule has 1 amide bonds. The molecule has 0 saturated heterocycles. The molecule has 2 N–H and O–H groups in total. The van der Waals surface area contributed by atoms with Gasteiger partial charge in [-0.1, -0.05) is 23.4 Å². The Hall–Kier alpha value is -1.16. The van der Waals surface area contributed by atoms with Crippen molar-refractivity contribution in [1.29, 1.82) is 0 Å². The first-order valence-corrected chi connectivity index (χ1v) is 8.35. The molecule has 0 bridgehead atoms. The molecule has 7 nitrogen and oxygen atoms in total. The predicted octanol–water partition coefficient (Wildman–Crippen LogP) is 1.10. The fourth-order valence-electron chi connectivity index (χ4n) is 1.56. The van der Waals surface area contributed by atoms with Crippen LogP contribution in [0.5, 0.6) is 0 Å². The van der Waals surface area contributed by atoms with Crippen molar-refractivity contribution in [3.63, 3.8) is 0 Å². The average Bonchev–Trinajstić information content (AvgIpc) is 3.06. The van der Waals surface area contributed by atoms with Gasteiger partial charge in [0.15, 0.2) is 0 Å². The number of nitrogens with two attached hydrogens (primary N) is 1. The van der Waals surface area contributed by atoms with Crippen LogP contribution in [0.15, 0.2) is 17.3 Å². The highest BCUT2D eigenvalue weighted by molar-refractivity contribution is 7.99. The number of thiophene rings is 1. The summed E-state index contributed by atoms with van der Waals surface area (Å²) in [5.74, 6) is 0.285. The highest BCUT2D eigenvalue weighted by atomic mass is 35.5. The van der Waals surface area contributed by atoms with Gasteiger partial charge in [0.05, 0.1) is 23.2 Å². The maximum atomic E-state index is 12.1. The zero-order chi connectivity index (χ0) is 15.2. The second-order valence-electron chi connectivity index (χ2n) is 4.22. The van der Waals surface area contributed by atoms with Crippen LogP contribution in [0.1, 0.15) is 4.88 Å². The summed E-state index contributed by atoms with van der Waals surface area (Å²) in [5, 5.41) is 11.9. The number of rotatable bonds is 7. The van der Waals surface area contributed by atoms with Crippen molar-refractivity contribution < 1.29 is 4.79 Å². The lowest BCUT2D eigenvalue weighted by Gasteiger charge is -2.15. The number of aromatic nitrogens is 4. The molecular weight excluding hydrogens is 332 g/mol. The highest BCUT2D eigenvalue weighted by Crippen LogP contribution is 2.22. The average molecular weight is 347 g/mol. The summed E-state index contributed by atoms with van der Waals surface area (Å²) in [4.78, 5) is 14.8. The maximum absolute atomic E-state index is 12.1. The zero-order valence-electron chi connectivity index (χ0n) is 11.4. The summed E-state index contributed by atoms with van der Waals surface area (Å²) in [7, 11) is 1.76. The quantitative estimate of drug-likeness (QED) is 0.755. The van der Waals surface area contributed by atoms with E-state index in [1.54, 1.807) is 16.6 Å². The van der Waals surface area contributed by atoms with Gasteiger partial charge in [-0.2, -0.15) is 0 Å². The molecular formula is C11H15ClN6OS2. The Morgan fingerprint density at radius 2 is 2.38 bits per heavy atom. The van der Waals surface area contributed by atoms with Gasteiger partial charge in [-0.05, 0) is 22.6 Å². The smallest absolute Gasteiger partial charge is 0.233 e. The van der Waals surface area contributed by atoms with Gasteiger partial charge in [0.2, 0.25) is 11.1 Å². The van der Waals surface area contributed by atoms with E-state index in [2.05, 4.69) is 15.5 Å². The summed E-state index contributed by atoms with van der Waals surface area (Å²) in [6.07, 6.45) is 0. The Morgan fingerprint density at radius 3 is 3.05 bits per heavy atom. The van der Waals surface area contributed by atoms with E-state index in [1.165, 1.54) is 23.1 Å². The second-order valence-corrected chi connectivity index (χ2v) is 6.96. The lowest BCUT2D eigenvalue weighted by molar-refractivity contribution is -0.127. The highest BCUT2D eigenvalue weighted by Gasteiger charge is 2.14. The van der Waals surface area contributed by atoms with E-state index in [9.17, 15) is 4.79 Å². The first-order chi connectivity index (χ1) is 10.1. The third kappa shape index (κ3) is 4.67. The predicted molar refractivity (Wildman–Crippen MR) is 83.4 cm³/mol. The topological polar surface area (TPSA) is 89.9 Å². The standard InChI is InChI=1S/C11H15ClN6OS2/c1-17(6-8-2-3-9(12)21-8)10(19)7-20-11-14-15-16-18(11)5-4-13/h2-3H,4-7,13H2,1H3. The van der Waals surface area contributed by atoms with Crippen molar-refractivity contribution in [2.45, 2.75) is 18.2 Å². The second kappa shape index (κ2) is 7.74. The first-order valence-electron chi connectivity index (χ1n) is 6.17.